The summed E-state index contributed by atoms with van der Waals surface area (Å²) in [4.78, 5) is 10.3. The predicted octanol–water partition coefficient (Wildman–Crippen LogP) is 1.32. The van der Waals surface area contributed by atoms with E-state index in [9.17, 15) is 0 Å². The number of anilines is 1. The lowest BCUT2D eigenvalue weighted by atomic mass is 10.5. The molecule has 72 valence electrons. The van der Waals surface area contributed by atoms with Gasteiger partial charge in [0, 0.05) is 33.1 Å². The van der Waals surface area contributed by atoms with Crippen LogP contribution in [0.15, 0.2) is 17.0 Å². The van der Waals surface area contributed by atoms with Crippen LogP contribution in [-0.4, -0.2) is 37.3 Å². The van der Waals surface area contributed by atoms with E-state index in [2.05, 4.69) is 25.9 Å². The summed E-state index contributed by atoms with van der Waals surface area (Å²) in [5.41, 5.74) is 0. The molecule has 0 fully saturated rings. The second kappa shape index (κ2) is 5.14. The van der Waals surface area contributed by atoms with Crippen LogP contribution in [0, 0.1) is 0 Å². The van der Waals surface area contributed by atoms with Crippen LogP contribution in [-0.2, 0) is 4.74 Å². The third-order valence-electron chi connectivity index (χ3n) is 1.63. The highest BCUT2D eigenvalue weighted by molar-refractivity contribution is 9.10. The van der Waals surface area contributed by atoms with Crippen molar-refractivity contribution in [1.82, 2.24) is 9.97 Å². The second-order valence-corrected chi connectivity index (χ2v) is 3.34. The van der Waals surface area contributed by atoms with E-state index in [1.165, 1.54) is 0 Å². The molecule has 1 rings (SSSR count). The lowest BCUT2D eigenvalue weighted by Crippen LogP contribution is -2.23. The number of ether oxygens (including phenoxy) is 1. The van der Waals surface area contributed by atoms with Gasteiger partial charge in [0.25, 0.3) is 0 Å². The summed E-state index contributed by atoms with van der Waals surface area (Å²) in [6, 6.07) is 0. The van der Waals surface area contributed by atoms with Crippen LogP contribution in [0.1, 0.15) is 0 Å². The van der Waals surface area contributed by atoms with Crippen molar-refractivity contribution in [1.29, 1.82) is 0 Å². The van der Waals surface area contributed by atoms with Crippen molar-refractivity contribution >= 4 is 21.7 Å². The van der Waals surface area contributed by atoms with Crippen molar-refractivity contribution in [3.63, 3.8) is 0 Å². The number of methoxy groups -OCH3 is 1. The third-order valence-corrected chi connectivity index (χ3v) is 2.19. The number of nitrogens with zero attached hydrogens (tertiary/aromatic N) is 3. The molecule has 0 aromatic carbocycles. The van der Waals surface area contributed by atoms with Crippen molar-refractivity contribution in [2.45, 2.75) is 0 Å². The van der Waals surface area contributed by atoms with Crippen LogP contribution >= 0.6 is 15.9 Å². The number of aromatic nitrogens is 2. The van der Waals surface area contributed by atoms with Gasteiger partial charge in [0.2, 0.25) is 0 Å². The Hall–Kier alpha value is -0.680. The highest BCUT2D eigenvalue weighted by Gasteiger charge is 2.06. The summed E-state index contributed by atoms with van der Waals surface area (Å²) < 4.78 is 5.73. The fourth-order valence-corrected chi connectivity index (χ4v) is 1.43. The minimum absolute atomic E-state index is 0.680. The molecule has 0 aliphatic heterocycles. The fraction of sp³-hybridized carbons (Fsp3) is 0.500. The Kier molecular flexibility index (Phi) is 4.11. The monoisotopic (exact) mass is 245 g/mol. The van der Waals surface area contributed by atoms with Gasteiger partial charge < -0.3 is 9.64 Å². The van der Waals surface area contributed by atoms with Crippen molar-refractivity contribution in [2.75, 3.05) is 32.2 Å². The van der Waals surface area contributed by atoms with E-state index in [1.54, 1.807) is 19.5 Å². The molecule has 5 heteroatoms. The molecule has 0 radical (unpaired) electrons. The highest BCUT2D eigenvalue weighted by atomic mass is 79.9. The van der Waals surface area contributed by atoms with Crippen molar-refractivity contribution in [3.05, 3.63) is 17.0 Å². The van der Waals surface area contributed by atoms with E-state index in [-0.39, 0.29) is 0 Å². The number of hydrogen-bond acceptors (Lipinski definition) is 4. The second-order valence-electron chi connectivity index (χ2n) is 2.59. The van der Waals surface area contributed by atoms with Crippen LogP contribution < -0.4 is 4.90 Å². The molecule has 4 nitrogen and oxygen atoms in total. The molecule has 0 aliphatic carbocycles. The first-order valence-corrected chi connectivity index (χ1v) is 4.71. The summed E-state index contributed by atoms with van der Waals surface area (Å²) in [5, 5.41) is 0. The molecule has 0 saturated carbocycles. The first-order valence-electron chi connectivity index (χ1n) is 3.92. The largest absolute Gasteiger partial charge is 0.383 e. The molecule has 0 atom stereocenters. The minimum atomic E-state index is 0.680. The van der Waals surface area contributed by atoms with Crippen LogP contribution in [0.3, 0.4) is 0 Å². The molecule has 0 saturated heterocycles. The molecule has 1 aromatic heterocycles. The smallest absolute Gasteiger partial charge is 0.161 e. The summed E-state index contributed by atoms with van der Waals surface area (Å²) in [5.74, 6) is 0.833. The van der Waals surface area contributed by atoms with E-state index in [0.717, 1.165) is 17.0 Å². The van der Waals surface area contributed by atoms with Gasteiger partial charge in [0.15, 0.2) is 5.82 Å². The van der Waals surface area contributed by atoms with Gasteiger partial charge in [0.1, 0.15) is 4.60 Å². The molecule has 0 aliphatic rings. The van der Waals surface area contributed by atoms with Crippen LogP contribution in [0.5, 0.6) is 0 Å². The van der Waals surface area contributed by atoms with E-state index >= 15 is 0 Å². The Morgan fingerprint density at radius 2 is 2.15 bits per heavy atom. The van der Waals surface area contributed by atoms with E-state index in [0.29, 0.717) is 6.61 Å². The molecule has 1 heterocycles. The Bertz CT molecular complexity index is 269. The molecule has 13 heavy (non-hydrogen) atoms. The maximum Gasteiger partial charge on any atom is 0.161 e. The van der Waals surface area contributed by atoms with Gasteiger partial charge >= 0.3 is 0 Å². The summed E-state index contributed by atoms with van der Waals surface area (Å²) in [6.07, 6.45) is 3.32. The SMILES string of the molecule is COCCN(C)c1nccnc1Br. The Labute approximate surface area is 86.1 Å². The number of hydrogen-bond donors (Lipinski definition) is 0. The first-order chi connectivity index (χ1) is 6.25. The third kappa shape index (κ3) is 2.93. The first kappa shape index (κ1) is 10.4. The van der Waals surface area contributed by atoms with Gasteiger partial charge in [-0.1, -0.05) is 0 Å². The maximum absolute atomic E-state index is 4.97. The lowest BCUT2D eigenvalue weighted by Gasteiger charge is -2.17. The Morgan fingerprint density at radius 1 is 1.46 bits per heavy atom. The zero-order chi connectivity index (χ0) is 9.68. The molecule has 1 aromatic rings. The minimum Gasteiger partial charge on any atom is -0.383 e. The molecular formula is C8H12BrN3O. The molecular weight excluding hydrogens is 234 g/mol. The summed E-state index contributed by atoms with van der Waals surface area (Å²) >= 11 is 3.33. The van der Waals surface area contributed by atoms with Crippen molar-refractivity contribution in [3.8, 4) is 0 Å². The zero-order valence-corrected chi connectivity index (χ0v) is 9.28. The van der Waals surface area contributed by atoms with E-state index in [4.69, 9.17) is 4.74 Å². The maximum atomic E-state index is 4.97. The van der Waals surface area contributed by atoms with Gasteiger partial charge in [-0.25, -0.2) is 9.97 Å². The van der Waals surface area contributed by atoms with Crippen molar-refractivity contribution < 1.29 is 4.74 Å². The molecule has 0 spiro atoms. The molecule has 0 unspecified atom stereocenters. The number of halogens is 1. The molecule has 0 amide bonds. The predicted molar refractivity (Wildman–Crippen MR) is 54.9 cm³/mol. The Balaban J connectivity index is 2.65. The fourth-order valence-electron chi connectivity index (χ4n) is 0.904. The highest BCUT2D eigenvalue weighted by Crippen LogP contribution is 2.18. The van der Waals surface area contributed by atoms with Gasteiger partial charge in [-0.2, -0.15) is 0 Å². The lowest BCUT2D eigenvalue weighted by molar-refractivity contribution is 0.206. The number of rotatable bonds is 4. The average molecular weight is 246 g/mol. The zero-order valence-electron chi connectivity index (χ0n) is 7.70. The summed E-state index contributed by atoms with van der Waals surface area (Å²) in [7, 11) is 3.63. The normalized spacial score (nSPS) is 10.1. The van der Waals surface area contributed by atoms with Crippen LogP contribution in [0.2, 0.25) is 0 Å². The van der Waals surface area contributed by atoms with Crippen LogP contribution in [0.4, 0.5) is 5.82 Å². The quantitative estimate of drug-likeness (QED) is 0.803. The van der Waals surface area contributed by atoms with E-state index in [1.807, 2.05) is 11.9 Å². The summed E-state index contributed by atoms with van der Waals surface area (Å²) in [6.45, 7) is 1.48. The topological polar surface area (TPSA) is 38.2 Å². The van der Waals surface area contributed by atoms with Crippen molar-refractivity contribution in [2.24, 2.45) is 0 Å². The standard InChI is InChI=1S/C8H12BrN3O/c1-12(5-6-13-2)8-7(9)10-3-4-11-8/h3-4H,5-6H2,1-2H3. The molecule has 0 bridgehead atoms. The van der Waals surface area contributed by atoms with Gasteiger partial charge in [0.05, 0.1) is 6.61 Å². The van der Waals surface area contributed by atoms with Gasteiger partial charge in [-0.05, 0) is 15.9 Å². The Morgan fingerprint density at radius 3 is 2.77 bits per heavy atom. The van der Waals surface area contributed by atoms with Gasteiger partial charge in [-0.15, -0.1) is 0 Å². The average Bonchev–Trinajstić information content (AvgIpc) is 2.15. The van der Waals surface area contributed by atoms with Crippen LogP contribution in [0.25, 0.3) is 0 Å². The van der Waals surface area contributed by atoms with Gasteiger partial charge in [-0.3, -0.25) is 0 Å². The number of likely N-dealkylation sites (N-methyl/N-ethyl adjacent to an activating group) is 1. The molecule has 0 N–H and O–H groups in total. The van der Waals surface area contributed by atoms with E-state index < -0.39 is 0 Å².